The number of phenols is 2. The van der Waals surface area contributed by atoms with Gasteiger partial charge < -0.3 is 44.8 Å². The molecule has 0 amide bonds. The quantitative estimate of drug-likeness (QED) is 0.335. The summed E-state index contributed by atoms with van der Waals surface area (Å²) >= 11 is 0. The van der Waals surface area contributed by atoms with Gasteiger partial charge in [0.05, 0.1) is 13.7 Å². The second-order valence-electron chi connectivity index (χ2n) is 6.71. The maximum absolute atomic E-state index is 12.8. The number of carbonyl (C=O) groups is 1. The third-order valence-electron chi connectivity index (χ3n) is 4.73. The van der Waals surface area contributed by atoms with Crippen LogP contribution in [0, 0.1) is 0 Å². The van der Waals surface area contributed by atoms with E-state index in [4.69, 9.17) is 14.2 Å². The van der Waals surface area contributed by atoms with Crippen molar-refractivity contribution in [3.63, 3.8) is 0 Å². The summed E-state index contributed by atoms with van der Waals surface area (Å²) in [6, 6.07) is 7.81. The fraction of sp³-hybridized carbons (Fsp3) is 0.350. The molecule has 3 rings (SSSR count). The van der Waals surface area contributed by atoms with Gasteiger partial charge in [-0.2, -0.15) is 0 Å². The first-order valence-corrected chi connectivity index (χ1v) is 8.98. The van der Waals surface area contributed by atoms with E-state index in [1.54, 1.807) is 0 Å². The van der Waals surface area contributed by atoms with Gasteiger partial charge in [0, 0.05) is 17.7 Å². The molecule has 1 aliphatic heterocycles. The molecule has 2 aromatic rings. The van der Waals surface area contributed by atoms with E-state index in [0.717, 1.165) is 6.07 Å². The highest BCUT2D eigenvalue weighted by molar-refractivity contribution is 6.12. The second kappa shape index (κ2) is 8.86. The highest BCUT2D eigenvalue weighted by Crippen LogP contribution is 2.34. The van der Waals surface area contributed by atoms with E-state index in [9.17, 15) is 35.4 Å². The van der Waals surface area contributed by atoms with E-state index in [1.807, 2.05) is 0 Å². The summed E-state index contributed by atoms with van der Waals surface area (Å²) in [4.78, 5) is 12.8. The van der Waals surface area contributed by atoms with Gasteiger partial charge in [0.2, 0.25) is 12.1 Å². The molecule has 1 aliphatic rings. The van der Waals surface area contributed by atoms with Gasteiger partial charge in [0.15, 0.2) is 0 Å². The topological polar surface area (TPSA) is 166 Å². The minimum atomic E-state index is -1.58. The van der Waals surface area contributed by atoms with Crippen molar-refractivity contribution >= 4 is 5.78 Å². The first-order chi connectivity index (χ1) is 14.3. The molecule has 10 nitrogen and oxygen atoms in total. The van der Waals surface area contributed by atoms with E-state index in [2.05, 4.69) is 0 Å². The van der Waals surface area contributed by atoms with Crippen LogP contribution < -0.4 is 9.47 Å². The highest BCUT2D eigenvalue weighted by Gasteiger charge is 2.44. The lowest BCUT2D eigenvalue weighted by molar-refractivity contribution is -0.277. The van der Waals surface area contributed by atoms with Gasteiger partial charge in [-0.3, -0.25) is 4.79 Å². The smallest absolute Gasteiger partial charge is 0.229 e. The number of carbonyl (C=O) groups excluding carboxylic acids is 1. The maximum atomic E-state index is 12.8. The third-order valence-corrected chi connectivity index (χ3v) is 4.73. The minimum absolute atomic E-state index is 0.000792. The van der Waals surface area contributed by atoms with Gasteiger partial charge >= 0.3 is 0 Å². The average molecular weight is 422 g/mol. The molecule has 0 aromatic heterocycles. The molecule has 5 atom stereocenters. The van der Waals surface area contributed by atoms with Crippen LogP contribution in [-0.2, 0) is 4.74 Å². The Morgan fingerprint density at radius 3 is 2.30 bits per heavy atom. The lowest BCUT2D eigenvalue weighted by Crippen LogP contribution is -2.60. The van der Waals surface area contributed by atoms with Crippen molar-refractivity contribution in [1.29, 1.82) is 0 Å². The summed E-state index contributed by atoms with van der Waals surface area (Å²) in [7, 11) is 1.29. The van der Waals surface area contributed by atoms with Gasteiger partial charge in [-0.25, -0.2) is 0 Å². The molecule has 0 spiro atoms. The van der Waals surface area contributed by atoms with Crippen LogP contribution in [0.25, 0.3) is 0 Å². The number of aliphatic hydroxyl groups excluding tert-OH is 4. The number of rotatable bonds is 6. The first-order valence-electron chi connectivity index (χ1n) is 8.98. The number of hydrogen-bond acceptors (Lipinski definition) is 10. The van der Waals surface area contributed by atoms with Crippen molar-refractivity contribution in [3.8, 4) is 23.0 Å². The number of ketones is 1. The number of methoxy groups -OCH3 is 1. The molecule has 0 aliphatic carbocycles. The van der Waals surface area contributed by atoms with Crippen LogP contribution in [0.15, 0.2) is 36.4 Å². The molecular weight excluding hydrogens is 400 g/mol. The van der Waals surface area contributed by atoms with Crippen molar-refractivity contribution in [1.82, 2.24) is 0 Å². The molecule has 2 aromatic carbocycles. The largest absolute Gasteiger partial charge is 0.508 e. The molecule has 30 heavy (non-hydrogen) atoms. The first kappa shape index (κ1) is 21.8. The number of aliphatic hydroxyl groups is 4. The van der Waals surface area contributed by atoms with Crippen LogP contribution in [0.5, 0.6) is 23.0 Å². The molecule has 1 saturated heterocycles. The number of phenolic OH excluding ortho intramolecular Hbond substituents is 2. The predicted molar refractivity (Wildman–Crippen MR) is 101 cm³/mol. The molecule has 1 heterocycles. The molecule has 162 valence electrons. The van der Waals surface area contributed by atoms with Crippen molar-refractivity contribution in [2.45, 2.75) is 30.7 Å². The molecule has 10 heteroatoms. The minimum Gasteiger partial charge on any atom is -0.508 e. The fourth-order valence-corrected chi connectivity index (χ4v) is 3.10. The lowest BCUT2D eigenvalue weighted by Gasteiger charge is -2.39. The number of ether oxygens (including phenoxy) is 3. The van der Waals surface area contributed by atoms with Gasteiger partial charge in [0.25, 0.3) is 0 Å². The Hall–Kier alpha value is -2.89. The zero-order valence-corrected chi connectivity index (χ0v) is 15.9. The summed E-state index contributed by atoms with van der Waals surface area (Å²) in [5.41, 5.74) is 0.0494. The molecule has 0 radical (unpaired) electrons. The van der Waals surface area contributed by atoms with Crippen LogP contribution in [0.4, 0.5) is 0 Å². The summed E-state index contributed by atoms with van der Waals surface area (Å²) in [6.07, 6.45) is -7.12. The Morgan fingerprint density at radius 2 is 1.70 bits per heavy atom. The molecule has 0 unspecified atom stereocenters. The van der Waals surface area contributed by atoms with Crippen LogP contribution in [0.2, 0.25) is 0 Å². The van der Waals surface area contributed by atoms with Crippen LogP contribution in [-0.4, -0.2) is 80.8 Å². The fourth-order valence-electron chi connectivity index (χ4n) is 3.10. The second-order valence-corrected chi connectivity index (χ2v) is 6.71. The Kier molecular flexibility index (Phi) is 6.44. The summed E-state index contributed by atoms with van der Waals surface area (Å²) in [6.45, 7) is -0.587. The van der Waals surface area contributed by atoms with Crippen molar-refractivity contribution in [2.24, 2.45) is 0 Å². The van der Waals surface area contributed by atoms with E-state index in [-0.39, 0.29) is 28.4 Å². The normalized spacial score (nSPS) is 26.2. The standard InChI is InChI=1S/C20H22O10/c1-28-13-7-10(22)6-12(23)15(13)16(24)9-2-4-11(5-3-9)29-20-19(27)18(26)17(25)14(8-21)30-20/h2-7,14,17-23,25-27H,8H2,1H3/t14-,17-,18+,19-,20-/m1/s1. The zero-order valence-electron chi connectivity index (χ0n) is 15.9. The molecular formula is C20H22O10. The van der Waals surface area contributed by atoms with Crippen molar-refractivity contribution in [2.75, 3.05) is 13.7 Å². The molecule has 0 saturated carbocycles. The van der Waals surface area contributed by atoms with Gasteiger partial charge in [-0.1, -0.05) is 0 Å². The Balaban J connectivity index is 1.78. The summed E-state index contributed by atoms with van der Waals surface area (Å²) in [5.74, 6) is -1.09. The molecule has 6 N–H and O–H groups in total. The number of benzene rings is 2. The van der Waals surface area contributed by atoms with Crippen LogP contribution in [0.1, 0.15) is 15.9 Å². The Bertz CT molecular complexity index is 895. The van der Waals surface area contributed by atoms with E-state index < -0.39 is 48.8 Å². The summed E-state index contributed by atoms with van der Waals surface area (Å²) in [5, 5.41) is 58.4. The highest BCUT2D eigenvalue weighted by atomic mass is 16.7. The van der Waals surface area contributed by atoms with Crippen molar-refractivity contribution < 1.29 is 49.6 Å². The third kappa shape index (κ3) is 4.18. The van der Waals surface area contributed by atoms with Gasteiger partial charge in [-0.15, -0.1) is 0 Å². The van der Waals surface area contributed by atoms with E-state index in [1.165, 1.54) is 37.4 Å². The molecule has 1 fully saturated rings. The number of aromatic hydroxyl groups is 2. The molecule has 0 bridgehead atoms. The predicted octanol–water partition coefficient (Wildman–Crippen LogP) is -0.484. The van der Waals surface area contributed by atoms with E-state index >= 15 is 0 Å². The average Bonchev–Trinajstić information content (AvgIpc) is 2.73. The summed E-state index contributed by atoms with van der Waals surface area (Å²) < 4.78 is 15.8. The monoisotopic (exact) mass is 422 g/mol. The SMILES string of the molecule is COc1cc(O)cc(O)c1C(=O)c1ccc(O[C@@H]2O[C@H](CO)[C@@H](O)[C@H](O)[C@H]2O)cc1. The van der Waals surface area contributed by atoms with Crippen LogP contribution >= 0.6 is 0 Å². The van der Waals surface area contributed by atoms with Crippen molar-refractivity contribution in [3.05, 3.63) is 47.5 Å². The Labute approximate surface area is 171 Å². The maximum Gasteiger partial charge on any atom is 0.229 e. The number of hydrogen-bond donors (Lipinski definition) is 6. The van der Waals surface area contributed by atoms with E-state index in [0.29, 0.717) is 0 Å². The zero-order chi connectivity index (χ0) is 22.0. The lowest BCUT2D eigenvalue weighted by atomic mass is 9.99. The van der Waals surface area contributed by atoms with Gasteiger partial charge in [-0.05, 0) is 24.3 Å². The Morgan fingerprint density at radius 1 is 1.03 bits per heavy atom. The van der Waals surface area contributed by atoms with Crippen LogP contribution in [0.3, 0.4) is 0 Å². The van der Waals surface area contributed by atoms with Gasteiger partial charge in [0.1, 0.15) is 53.0 Å².